The Hall–Kier alpha value is -2.29. The Morgan fingerprint density at radius 3 is 2.57 bits per heavy atom. The van der Waals surface area contributed by atoms with Gasteiger partial charge in [-0.25, -0.2) is 0 Å². The van der Waals surface area contributed by atoms with Crippen LogP contribution in [0.5, 0.6) is 5.75 Å². The van der Waals surface area contributed by atoms with Crippen molar-refractivity contribution < 1.29 is 9.53 Å². The van der Waals surface area contributed by atoms with Gasteiger partial charge in [-0.1, -0.05) is 48.5 Å². The highest BCUT2D eigenvalue weighted by Crippen LogP contribution is 2.48. The topological polar surface area (TPSA) is 29.5 Å². The van der Waals surface area contributed by atoms with Crippen LogP contribution in [0.25, 0.3) is 0 Å². The molecule has 1 saturated carbocycles. The van der Waals surface area contributed by atoms with Crippen molar-refractivity contribution in [3.8, 4) is 5.75 Å². The van der Waals surface area contributed by atoms with E-state index in [1.54, 1.807) is 7.11 Å². The molecule has 0 aliphatic heterocycles. The van der Waals surface area contributed by atoms with Crippen LogP contribution in [0.2, 0.25) is 0 Å². The van der Waals surface area contributed by atoms with Crippen molar-refractivity contribution in [1.82, 2.24) is 4.90 Å². The van der Waals surface area contributed by atoms with Crippen LogP contribution in [-0.4, -0.2) is 31.5 Å². The first-order chi connectivity index (χ1) is 11.2. The number of hydrogen-bond donors (Lipinski definition) is 0. The normalized spacial score (nSPS) is 19.2. The number of carbonyl (C=O) groups is 1. The molecular formula is C20H23NO2. The summed E-state index contributed by atoms with van der Waals surface area (Å²) < 4.78 is 5.37. The van der Waals surface area contributed by atoms with E-state index in [9.17, 15) is 4.79 Å². The van der Waals surface area contributed by atoms with E-state index in [0.29, 0.717) is 5.92 Å². The predicted octanol–water partition coefficient (Wildman–Crippen LogP) is 3.50. The number of likely N-dealkylation sites (N-methyl/N-ethyl adjacent to an activating group) is 1. The monoisotopic (exact) mass is 309 g/mol. The van der Waals surface area contributed by atoms with Gasteiger partial charge in [-0.3, -0.25) is 4.79 Å². The molecule has 3 nitrogen and oxygen atoms in total. The molecule has 2 aromatic carbocycles. The fourth-order valence-electron chi connectivity index (χ4n) is 3.13. The molecule has 0 saturated heterocycles. The molecule has 1 fully saturated rings. The molecule has 0 N–H and O–H groups in total. The largest absolute Gasteiger partial charge is 0.496 e. The number of methoxy groups -OCH3 is 1. The maximum absolute atomic E-state index is 12.6. The minimum Gasteiger partial charge on any atom is -0.496 e. The molecule has 0 radical (unpaired) electrons. The van der Waals surface area contributed by atoms with E-state index in [0.717, 1.165) is 30.7 Å². The van der Waals surface area contributed by atoms with Gasteiger partial charge in [0.2, 0.25) is 5.91 Å². The van der Waals surface area contributed by atoms with Crippen LogP contribution in [-0.2, 0) is 11.2 Å². The zero-order valence-corrected chi connectivity index (χ0v) is 13.7. The molecule has 0 heterocycles. The van der Waals surface area contributed by atoms with Crippen molar-refractivity contribution in [2.75, 3.05) is 20.7 Å². The van der Waals surface area contributed by atoms with Gasteiger partial charge in [0.25, 0.3) is 0 Å². The number of amides is 1. The van der Waals surface area contributed by atoms with Gasteiger partial charge < -0.3 is 9.64 Å². The fourth-order valence-corrected chi connectivity index (χ4v) is 3.13. The summed E-state index contributed by atoms with van der Waals surface area (Å²) in [5.41, 5.74) is 2.43. The molecule has 120 valence electrons. The molecular weight excluding hydrogens is 286 g/mol. The van der Waals surface area contributed by atoms with Crippen LogP contribution in [0.15, 0.2) is 54.6 Å². The summed E-state index contributed by atoms with van der Waals surface area (Å²) in [4.78, 5) is 14.4. The smallest absolute Gasteiger partial charge is 0.226 e. The highest BCUT2D eigenvalue weighted by Gasteiger charge is 2.44. The Morgan fingerprint density at radius 1 is 1.13 bits per heavy atom. The first-order valence-electron chi connectivity index (χ1n) is 8.12. The molecule has 3 heteroatoms. The van der Waals surface area contributed by atoms with Gasteiger partial charge in [-0.2, -0.15) is 0 Å². The highest BCUT2D eigenvalue weighted by molar-refractivity contribution is 5.82. The average Bonchev–Trinajstić information content (AvgIpc) is 3.40. The Morgan fingerprint density at radius 2 is 1.83 bits per heavy atom. The Bertz CT molecular complexity index is 668. The molecule has 23 heavy (non-hydrogen) atoms. The average molecular weight is 309 g/mol. The number of rotatable bonds is 6. The van der Waals surface area contributed by atoms with E-state index >= 15 is 0 Å². The lowest BCUT2D eigenvalue weighted by molar-refractivity contribution is -0.131. The second kappa shape index (κ2) is 6.86. The first kappa shape index (κ1) is 15.6. The molecule has 0 bridgehead atoms. The Balaban J connectivity index is 1.55. The van der Waals surface area contributed by atoms with E-state index in [-0.39, 0.29) is 11.8 Å². The lowest BCUT2D eigenvalue weighted by Gasteiger charge is -2.18. The number of nitrogens with zero attached hydrogens (tertiary/aromatic N) is 1. The summed E-state index contributed by atoms with van der Waals surface area (Å²) in [6.45, 7) is 0.719. The second-order valence-electron chi connectivity index (χ2n) is 6.18. The van der Waals surface area contributed by atoms with Crippen LogP contribution < -0.4 is 4.74 Å². The number of carbonyl (C=O) groups excluding carboxylic acids is 1. The zero-order valence-electron chi connectivity index (χ0n) is 13.7. The fraction of sp³-hybridized carbons (Fsp3) is 0.350. The molecule has 0 spiro atoms. The van der Waals surface area contributed by atoms with Crippen LogP contribution in [0.3, 0.4) is 0 Å². The summed E-state index contributed by atoms with van der Waals surface area (Å²) >= 11 is 0. The second-order valence-corrected chi connectivity index (χ2v) is 6.18. The minimum atomic E-state index is 0.153. The summed E-state index contributed by atoms with van der Waals surface area (Å²) in [7, 11) is 3.58. The zero-order chi connectivity index (χ0) is 16.2. The van der Waals surface area contributed by atoms with Gasteiger partial charge >= 0.3 is 0 Å². The first-order valence-corrected chi connectivity index (χ1v) is 8.12. The van der Waals surface area contributed by atoms with Crippen molar-refractivity contribution in [2.45, 2.75) is 18.8 Å². The van der Waals surface area contributed by atoms with Crippen molar-refractivity contribution in [2.24, 2.45) is 5.92 Å². The van der Waals surface area contributed by atoms with Gasteiger partial charge in [-0.15, -0.1) is 0 Å². The molecule has 1 aliphatic carbocycles. The van der Waals surface area contributed by atoms with Crippen LogP contribution in [0.1, 0.15) is 23.5 Å². The maximum atomic E-state index is 12.6. The molecule has 2 aromatic rings. The lowest BCUT2D eigenvalue weighted by Crippen LogP contribution is -2.30. The summed E-state index contributed by atoms with van der Waals surface area (Å²) in [6, 6.07) is 18.3. The summed E-state index contributed by atoms with van der Waals surface area (Å²) in [5, 5.41) is 0. The quantitative estimate of drug-likeness (QED) is 0.817. The van der Waals surface area contributed by atoms with Crippen LogP contribution in [0, 0.1) is 5.92 Å². The Kier molecular flexibility index (Phi) is 4.65. The van der Waals surface area contributed by atoms with Crippen molar-refractivity contribution in [3.05, 3.63) is 65.7 Å². The van der Waals surface area contributed by atoms with Crippen molar-refractivity contribution in [3.63, 3.8) is 0 Å². The van der Waals surface area contributed by atoms with Crippen LogP contribution in [0.4, 0.5) is 0 Å². The van der Waals surface area contributed by atoms with E-state index in [4.69, 9.17) is 4.74 Å². The summed E-state index contributed by atoms with van der Waals surface area (Å²) in [5.74, 6) is 1.70. The highest BCUT2D eigenvalue weighted by atomic mass is 16.5. The van der Waals surface area contributed by atoms with E-state index in [1.807, 2.05) is 48.3 Å². The molecule has 2 unspecified atom stereocenters. The van der Waals surface area contributed by atoms with Gasteiger partial charge in [0.05, 0.1) is 7.11 Å². The number of ether oxygens (including phenoxy) is 1. The summed E-state index contributed by atoms with van der Waals surface area (Å²) in [6.07, 6.45) is 1.79. The van der Waals surface area contributed by atoms with Crippen LogP contribution >= 0.6 is 0 Å². The third kappa shape index (κ3) is 3.55. The maximum Gasteiger partial charge on any atom is 0.226 e. The third-order valence-electron chi connectivity index (χ3n) is 4.62. The molecule has 0 aromatic heterocycles. The van der Waals surface area contributed by atoms with E-state index in [2.05, 4.69) is 18.2 Å². The van der Waals surface area contributed by atoms with Gasteiger partial charge in [0, 0.05) is 19.5 Å². The number of benzene rings is 2. The molecule has 2 atom stereocenters. The number of para-hydroxylation sites is 1. The molecule has 3 rings (SSSR count). The van der Waals surface area contributed by atoms with E-state index < -0.39 is 0 Å². The third-order valence-corrected chi connectivity index (χ3v) is 4.62. The minimum absolute atomic E-state index is 0.153. The predicted molar refractivity (Wildman–Crippen MR) is 91.6 cm³/mol. The lowest BCUT2D eigenvalue weighted by atomic mass is 10.1. The van der Waals surface area contributed by atoms with E-state index in [1.165, 1.54) is 5.56 Å². The standard InChI is InChI=1S/C20H23NO2/c1-21(13-12-16-10-6-7-11-19(16)23-2)20(22)18-14-17(18)15-8-4-3-5-9-15/h3-11,17-18H,12-14H2,1-2H3. The molecule has 1 aliphatic rings. The van der Waals surface area contributed by atoms with Crippen molar-refractivity contribution in [1.29, 1.82) is 0 Å². The molecule has 1 amide bonds. The Labute approximate surface area is 137 Å². The van der Waals surface area contributed by atoms with Gasteiger partial charge in [0.15, 0.2) is 0 Å². The number of hydrogen-bond acceptors (Lipinski definition) is 2. The SMILES string of the molecule is COc1ccccc1CCN(C)C(=O)C1CC1c1ccccc1. The van der Waals surface area contributed by atoms with Crippen molar-refractivity contribution >= 4 is 5.91 Å². The van der Waals surface area contributed by atoms with Gasteiger partial charge in [0.1, 0.15) is 5.75 Å². The van der Waals surface area contributed by atoms with Gasteiger partial charge in [-0.05, 0) is 36.0 Å².